The van der Waals surface area contributed by atoms with Gasteiger partial charge in [-0.05, 0) is 71.1 Å². The molecule has 49 heavy (non-hydrogen) atoms. The third kappa shape index (κ3) is 3.66. The van der Waals surface area contributed by atoms with Gasteiger partial charge < -0.3 is 4.57 Å². The van der Waals surface area contributed by atoms with Crippen LogP contribution in [-0.2, 0) is 0 Å². The van der Waals surface area contributed by atoms with Gasteiger partial charge in [-0.2, -0.15) is 0 Å². The highest BCUT2D eigenvalue weighted by Gasteiger charge is 2.21. The van der Waals surface area contributed by atoms with E-state index >= 15 is 0 Å². The van der Waals surface area contributed by atoms with Crippen molar-refractivity contribution in [1.82, 2.24) is 18.5 Å². The van der Waals surface area contributed by atoms with E-state index in [1.165, 1.54) is 49.4 Å². The van der Waals surface area contributed by atoms with E-state index in [1.54, 1.807) is 0 Å². The lowest BCUT2D eigenvalue weighted by molar-refractivity contribution is 1.12. The minimum absolute atomic E-state index is 0.985. The van der Waals surface area contributed by atoms with Crippen molar-refractivity contribution in [2.75, 3.05) is 0 Å². The molecule has 4 nitrogen and oxygen atoms in total. The van der Waals surface area contributed by atoms with Crippen LogP contribution in [0.1, 0.15) is 0 Å². The molecular weight excluding hydrogens is 597 g/mol. The molecule has 0 aliphatic carbocycles. The fraction of sp³-hybridized carbons (Fsp3) is 0. The maximum Gasteiger partial charge on any atom is 0.151 e. The summed E-state index contributed by atoms with van der Waals surface area (Å²) in [5.74, 6) is 0. The summed E-state index contributed by atoms with van der Waals surface area (Å²) in [5.41, 5.74) is 12.5. The molecule has 0 bridgehead atoms. The average Bonchev–Trinajstić information content (AvgIpc) is 3.83. The predicted octanol–water partition coefficient (Wildman–Crippen LogP) is 11.5. The zero-order valence-electron chi connectivity index (χ0n) is 26.5. The van der Waals surface area contributed by atoms with E-state index in [0.717, 1.165) is 44.3 Å². The second-order valence-electron chi connectivity index (χ2n) is 12.8. The molecule has 4 heterocycles. The van der Waals surface area contributed by atoms with Gasteiger partial charge in [0.15, 0.2) is 5.65 Å². The van der Waals surface area contributed by atoms with Gasteiger partial charge in [0.25, 0.3) is 0 Å². The maximum absolute atomic E-state index is 5.35. The number of rotatable bonds is 3. The Kier molecular flexibility index (Phi) is 5.35. The van der Waals surface area contributed by atoms with Crippen molar-refractivity contribution in [3.05, 3.63) is 170 Å². The minimum atomic E-state index is 0.985. The van der Waals surface area contributed by atoms with Crippen molar-refractivity contribution >= 4 is 71.2 Å². The number of hydrogen-bond acceptors (Lipinski definition) is 1. The molecule has 0 aliphatic rings. The van der Waals surface area contributed by atoms with Crippen LogP contribution in [0.25, 0.3) is 93.7 Å². The highest BCUT2D eigenvalue weighted by atomic mass is 15.2. The first kappa shape index (κ1) is 26.4. The van der Waals surface area contributed by atoms with E-state index in [-0.39, 0.29) is 0 Å². The number of hydrogen-bond donors (Lipinski definition) is 0. The Balaban J connectivity index is 1.12. The Bertz CT molecular complexity index is 3090. The van der Waals surface area contributed by atoms with E-state index in [4.69, 9.17) is 4.98 Å². The smallest absolute Gasteiger partial charge is 0.151 e. The van der Waals surface area contributed by atoms with Crippen molar-refractivity contribution in [3.63, 3.8) is 0 Å². The van der Waals surface area contributed by atoms with Crippen LogP contribution in [-0.4, -0.2) is 18.5 Å². The second kappa shape index (κ2) is 9.93. The normalized spacial score (nSPS) is 12.1. The van der Waals surface area contributed by atoms with Crippen molar-refractivity contribution in [2.45, 2.75) is 0 Å². The standard InChI is InChI=1S/C45H28N4/c1-2-12-31(13-3-1)47-39-19-9-7-16-35(39)38-28-30(24-27-42(38)47)29-22-25-32(26-23-29)48-41-21-11-8-18-37(41)43-45(48)49-40-20-10-6-15-34(40)33-14-4-5-17-36(33)44(49)46-43/h1-28H. The van der Waals surface area contributed by atoms with Crippen molar-refractivity contribution in [2.24, 2.45) is 0 Å². The zero-order valence-corrected chi connectivity index (χ0v) is 26.5. The molecule has 0 atom stereocenters. The van der Waals surface area contributed by atoms with Crippen LogP contribution in [0.3, 0.4) is 0 Å². The molecule has 0 radical (unpaired) electrons. The summed E-state index contributed by atoms with van der Waals surface area (Å²) in [6, 6.07) is 61.1. The molecule has 228 valence electrons. The summed E-state index contributed by atoms with van der Waals surface area (Å²) in [6.07, 6.45) is 0. The van der Waals surface area contributed by atoms with Crippen molar-refractivity contribution in [1.29, 1.82) is 0 Å². The van der Waals surface area contributed by atoms with Crippen molar-refractivity contribution in [3.8, 4) is 22.5 Å². The van der Waals surface area contributed by atoms with E-state index < -0.39 is 0 Å². The quantitative estimate of drug-likeness (QED) is 0.180. The van der Waals surface area contributed by atoms with E-state index in [9.17, 15) is 0 Å². The summed E-state index contributed by atoms with van der Waals surface area (Å²) in [7, 11) is 0. The Morgan fingerprint density at radius 2 is 0.878 bits per heavy atom. The van der Waals surface area contributed by atoms with Gasteiger partial charge >= 0.3 is 0 Å². The first-order valence-electron chi connectivity index (χ1n) is 16.7. The summed E-state index contributed by atoms with van der Waals surface area (Å²) in [5, 5.41) is 7.27. The van der Waals surface area contributed by atoms with Crippen LogP contribution in [0.4, 0.5) is 0 Å². The highest BCUT2D eigenvalue weighted by Crippen LogP contribution is 2.39. The van der Waals surface area contributed by atoms with Gasteiger partial charge in [0.1, 0.15) is 11.2 Å². The topological polar surface area (TPSA) is 27.2 Å². The SMILES string of the molecule is c1ccc(-n2c3ccccc3c3cc(-c4ccc(-n5c6ccccc6c6nc7c8ccccc8c8ccccc8n7c65)cc4)ccc32)cc1. The second-order valence-corrected chi connectivity index (χ2v) is 12.8. The molecule has 0 N–H and O–H groups in total. The number of aromatic nitrogens is 4. The molecule has 0 fully saturated rings. The molecule has 7 aromatic carbocycles. The van der Waals surface area contributed by atoms with E-state index in [1.807, 2.05) is 0 Å². The van der Waals surface area contributed by atoms with Gasteiger partial charge in [-0.25, -0.2) is 4.98 Å². The van der Waals surface area contributed by atoms with Gasteiger partial charge in [-0.3, -0.25) is 8.97 Å². The monoisotopic (exact) mass is 624 g/mol. The molecule has 0 aliphatic heterocycles. The Hall–Kier alpha value is -6.65. The van der Waals surface area contributed by atoms with Crippen LogP contribution in [0, 0.1) is 0 Å². The lowest BCUT2D eigenvalue weighted by atomic mass is 10.0. The van der Waals surface area contributed by atoms with Gasteiger partial charge in [0.05, 0.1) is 22.1 Å². The average molecular weight is 625 g/mol. The summed E-state index contributed by atoms with van der Waals surface area (Å²) >= 11 is 0. The van der Waals surface area contributed by atoms with Gasteiger partial charge in [0, 0.05) is 38.3 Å². The number of benzene rings is 7. The molecule has 0 amide bonds. The zero-order chi connectivity index (χ0) is 32.1. The molecule has 4 aromatic heterocycles. The molecule has 11 rings (SSSR count). The molecule has 0 saturated heterocycles. The summed E-state index contributed by atoms with van der Waals surface area (Å²) < 4.78 is 7.10. The maximum atomic E-state index is 5.35. The molecular formula is C45H28N4. The lowest BCUT2D eigenvalue weighted by Crippen LogP contribution is -1.99. The molecule has 4 heteroatoms. The minimum Gasteiger partial charge on any atom is -0.309 e. The number of nitrogens with zero attached hydrogens (tertiary/aromatic N) is 4. The Morgan fingerprint density at radius 3 is 1.63 bits per heavy atom. The van der Waals surface area contributed by atoms with E-state index in [2.05, 4.69) is 183 Å². The molecule has 0 spiro atoms. The highest BCUT2D eigenvalue weighted by molar-refractivity contribution is 6.17. The Labute approximate surface area is 281 Å². The number of pyridine rings is 1. The number of fused-ring (bicyclic) bond motifs is 13. The van der Waals surface area contributed by atoms with Gasteiger partial charge in [0.2, 0.25) is 0 Å². The molecule has 0 saturated carbocycles. The fourth-order valence-electron chi connectivity index (χ4n) is 8.07. The van der Waals surface area contributed by atoms with Crippen LogP contribution >= 0.6 is 0 Å². The first-order valence-corrected chi connectivity index (χ1v) is 16.7. The summed E-state index contributed by atoms with van der Waals surface area (Å²) in [6.45, 7) is 0. The largest absolute Gasteiger partial charge is 0.309 e. The lowest BCUT2D eigenvalue weighted by Gasteiger charge is -2.13. The Morgan fingerprint density at radius 1 is 0.347 bits per heavy atom. The van der Waals surface area contributed by atoms with Gasteiger partial charge in [-0.1, -0.05) is 115 Å². The van der Waals surface area contributed by atoms with Crippen LogP contribution in [0.5, 0.6) is 0 Å². The summed E-state index contributed by atoms with van der Waals surface area (Å²) in [4.78, 5) is 5.35. The van der Waals surface area contributed by atoms with E-state index in [0.29, 0.717) is 0 Å². The third-order valence-electron chi connectivity index (χ3n) is 10.2. The van der Waals surface area contributed by atoms with Gasteiger partial charge in [-0.15, -0.1) is 0 Å². The van der Waals surface area contributed by atoms with Crippen LogP contribution < -0.4 is 0 Å². The van der Waals surface area contributed by atoms with Crippen LogP contribution in [0.2, 0.25) is 0 Å². The number of para-hydroxylation sites is 4. The van der Waals surface area contributed by atoms with Crippen LogP contribution in [0.15, 0.2) is 170 Å². The van der Waals surface area contributed by atoms with Crippen molar-refractivity contribution < 1.29 is 0 Å². The predicted molar refractivity (Wildman–Crippen MR) is 204 cm³/mol. The molecule has 0 unspecified atom stereocenters. The molecule has 11 aromatic rings. The number of imidazole rings is 1. The fourth-order valence-corrected chi connectivity index (χ4v) is 8.07. The first-order chi connectivity index (χ1) is 24.3. The third-order valence-corrected chi connectivity index (χ3v) is 10.2.